The van der Waals surface area contributed by atoms with Crippen molar-refractivity contribution in [2.45, 2.75) is 25.3 Å². The lowest BCUT2D eigenvalue weighted by Crippen LogP contribution is -1.99. The molecule has 0 amide bonds. The lowest BCUT2D eigenvalue weighted by molar-refractivity contribution is 0.507. The second kappa shape index (κ2) is 4.37. The number of hydrogen-bond acceptors (Lipinski definition) is 4. The molecule has 1 heterocycles. The molecule has 5 heteroatoms. The molecule has 0 bridgehead atoms. The average molecular weight is 250 g/mol. The molecule has 0 saturated heterocycles. The van der Waals surface area contributed by atoms with Gasteiger partial charge in [-0.1, -0.05) is 28.8 Å². The monoisotopic (exact) mass is 249 g/mol. The van der Waals surface area contributed by atoms with Crippen molar-refractivity contribution in [3.8, 4) is 0 Å². The number of benzene rings is 1. The predicted octanol–water partition coefficient (Wildman–Crippen LogP) is 3.21. The first-order valence-corrected chi connectivity index (χ1v) is 6.01. The fourth-order valence-corrected chi connectivity index (χ4v) is 1.71. The van der Waals surface area contributed by atoms with Crippen LogP contribution in [0.4, 0.5) is 6.01 Å². The Kier molecular flexibility index (Phi) is 2.73. The Morgan fingerprint density at radius 2 is 2.00 bits per heavy atom. The van der Waals surface area contributed by atoms with E-state index in [2.05, 4.69) is 15.5 Å². The zero-order valence-corrected chi connectivity index (χ0v) is 9.94. The van der Waals surface area contributed by atoms with Gasteiger partial charge in [-0.25, -0.2) is 0 Å². The van der Waals surface area contributed by atoms with E-state index in [0.717, 1.165) is 16.5 Å². The Morgan fingerprint density at radius 3 is 2.71 bits per heavy atom. The fourth-order valence-electron chi connectivity index (χ4n) is 1.58. The van der Waals surface area contributed by atoms with Gasteiger partial charge in [0.25, 0.3) is 0 Å². The van der Waals surface area contributed by atoms with Gasteiger partial charge < -0.3 is 9.73 Å². The van der Waals surface area contributed by atoms with Crippen LogP contribution >= 0.6 is 11.6 Å². The van der Waals surface area contributed by atoms with E-state index >= 15 is 0 Å². The molecule has 1 aromatic heterocycles. The van der Waals surface area contributed by atoms with E-state index in [4.69, 9.17) is 16.0 Å². The molecule has 1 fully saturated rings. The summed E-state index contributed by atoms with van der Waals surface area (Å²) in [6, 6.07) is 8.15. The van der Waals surface area contributed by atoms with Crippen molar-refractivity contribution in [3.05, 3.63) is 40.7 Å². The second-order valence-electron chi connectivity index (χ2n) is 4.20. The van der Waals surface area contributed by atoms with Gasteiger partial charge in [-0.15, -0.1) is 5.10 Å². The van der Waals surface area contributed by atoms with E-state index in [9.17, 15) is 0 Å². The third-order valence-electron chi connectivity index (χ3n) is 2.72. The van der Waals surface area contributed by atoms with Gasteiger partial charge in [0.2, 0.25) is 5.89 Å². The first kappa shape index (κ1) is 10.6. The van der Waals surface area contributed by atoms with Crippen LogP contribution in [-0.2, 0) is 6.54 Å². The number of anilines is 1. The summed E-state index contributed by atoms with van der Waals surface area (Å²) in [4.78, 5) is 0. The zero-order valence-electron chi connectivity index (χ0n) is 9.19. The van der Waals surface area contributed by atoms with Crippen LogP contribution in [0.25, 0.3) is 0 Å². The third kappa shape index (κ3) is 2.58. The quantitative estimate of drug-likeness (QED) is 0.904. The number of halogens is 1. The second-order valence-corrected chi connectivity index (χ2v) is 4.64. The standard InChI is InChI=1S/C12H12ClN3O/c13-10-5-1-8(2-6-10)7-14-12-16-15-11(17-12)9-3-4-9/h1-2,5-6,9H,3-4,7H2,(H,14,16). The largest absolute Gasteiger partial charge is 0.408 e. The van der Waals surface area contributed by atoms with E-state index in [1.807, 2.05) is 24.3 Å². The molecule has 1 aromatic carbocycles. The van der Waals surface area contributed by atoms with Crippen LogP contribution in [0, 0.1) is 0 Å². The molecule has 3 rings (SSSR count). The molecule has 1 aliphatic carbocycles. The van der Waals surface area contributed by atoms with Gasteiger partial charge in [0.05, 0.1) is 0 Å². The molecule has 17 heavy (non-hydrogen) atoms. The Morgan fingerprint density at radius 1 is 1.24 bits per heavy atom. The minimum Gasteiger partial charge on any atom is -0.408 e. The van der Waals surface area contributed by atoms with Crippen molar-refractivity contribution in [1.82, 2.24) is 10.2 Å². The summed E-state index contributed by atoms with van der Waals surface area (Å²) < 4.78 is 5.49. The number of nitrogens with one attached hydrogen (secondary N) is 1. The van der Waals surface area contributed by atoms with Crippen LogP contribution in [0.3, 0.4) is 0 Å². The summed E-state index contributed by atoms with van der Waals surface area (Å²) in [6.07, 6.45) is 2.33. The van der Waals surface area contributed by atoms with E-state index in [1.165, 1.54) is 12.8 Å². The number of aromatic nitrogens is 2. The van der Waals surface area contributed by atoms with Crippen LogP contribution in [0.2, 0.25) is 5.02 Å². The Bertz CT molecular complexity index is 505. The van der Waals surface area contributed by atoms with Crippen LogP contribution in [0.5, 0.6) is 0 Å². The highest BCUT2D eigenvalue weighted by Gasteiger charge is 2.29. The Hall–Kier alpha value is -1.55. The zero-order chi connectivity index (χ0) is 11.7. The number of nitrogens with zero attached hydrogens (tertiary/aromatic N) is 2. The topological polar surface area (TPSA) is 51.0 Å². The highest BCUT2D eigenvalue weighted by molar-refractivity contribution is 6.30. The minimum absolute atomic E-state index is 0.488. The van der Waals surface area contributed by atoms with Crippen molar-refractivity contribution in [1.29, 1.82) is 0 Å². The molecule has 0 unspecified atom stereocenters. The van der Waals surface area contributed by atoms with Crippen LogP contribution in [0.1, 0.15) is 30.2 Å². The van der Waals surface area contributed by atoms with E-state index in [1.54, 1.807) is 0 Å². The molecular formula is C12H12ClN3O. The summed E-state index contributed by atoms with van der Waals surface area (Å²) in [5.41, 5.74) is 1.13. The van der Waals surface area contributed by atoms with Crippen molar-refractivity contribution >= 4 is 17.6 Å². The van der Waals surface area contributed by atoms with Crippen molar-refractivity contribution in [2.24, 2.45) is 0 Å². The molecule has 0 aliphatic heterocycles. The summed E-state index contributed by atoms with van der Waals surface area (Å²) in [5.74, 6) is 1.25. The normalized spacial score (nSPS) is 14.9. The third-order valence-corrected chi connectivity index (χ3v) is 2.98. The lowest BCUT2D eigenvalue weighted by Gasteiger charge is -2.01. The van der Waals surface area contributed by atoms with Crippen molar-refractivity contribution in [2.75, 3.05) is 5.32 Å². The Balaban J connectivity index is 1.60. The van der Waals surface area contributed by atoms with Crippen LogP contribution < -0.4 is 5.32 Å². The smallest absolute Gasteiger partial charge is 0.315 e. The molecule has 0 atom stereocenters. The first-order valence-electron chi connectivity index (χ1n) is 5.63. The summed E-state index contributed by atoms with van der Waals surface area (Å²) in [6.45, 7) is 0.656. The average Bonchev–Trinajstić information content (AvgIpc) is 3.09. The fraction of sp³-hybridized carbons (Fsp3) is 0.333. The van der Waals surface area contributed by atoms with Gasteiger partial charge in [0, 0.05) is 17.5 Å². The molecule has 88 valence electrons. The maximum atomic E-state index is 5.81. The molecule has 1 aliphatic rings. The molecule has 2 aromatic rings. The molecule has 1 N–H and O–H groups in total. The van der Waals surface area contributed by atoms with Crippen molar-refractivity contribution in [3.63, 3.8) is 0 Å². The van der Waals surface area contributed by atoms with Gasteiger partial charge >= 0.3 is 6.01 Å². The highest BCUT2D eigenvalue weighted by Crippen LogP contribution is 2.39. The number of rotatable bonds is 4. The number of hydrogen-bond donors (Lipinski definition) is 1. The maximum Gasteiger partial charge on any atom is 0.315 e. The van der Waals surface area contributed by atoms with Crippen LogP contribution in [-0.4, -0.2) is 10.2 Å². The maximum absolute atomic E-state index is 5.81. The molecule has 1 saturated carbocycles. The minimum atomic E-state index is 0.488. The lowest BCUT2D eigenvalue weighted by atomic mass is 10.2. The van der Waals surface area contributed by atoms with Gasteiger partial charge in [-0.2, -0.15) is 0 Å². The van der Waals surface area contributed by atoms with E-state index < -0.39 is 0 Å². The summed E-state index contributed by atoms with van der Waals surface area (Å²) in [5, 5.41) is 11.8. The Labute approximate surface area is 104 Å². The SMILES string of the molecule is Clc1ccc(CNc2nnc(C3CC3)o2)cc1. The predicted molar refractivity (Wildman–Crippen MR) is 65.1 cm³/mol. The summed E-state index contributed by atoms with van der Waals surface area (Å²) >= 11 is 5.81. The van der Waals surface area contributed by atoms with E-state index in [-0.39, 0.29) is 0 Å². The van der Waals surface area contributed by atoms with Gasteiger partial charge in [-0.05, 0) is 30.5 Å². The molecule has 4 nitrogen and oxygen atoms in total. The molecule has 0 spiro atoms. The van der Waals surface area contributed by atoms with E-state index in [0.29, 0.717) is 18.5 Å². The molecular weight excluding hydrogens is 238 g/mol. The summed E-state index contributed by atoms with van der Waals surface area (Å²) in [7, 11) is 0. The van der Waals surface area contributed by atoms with Crippen LogP contribution in [0.15, 0.2) is 28.7 Å². The van der Waals surface area contributed by atoms with Gasteiger partial charge in [-0.3, -0.25) is 0 Å². The first-order chi connectivity index (χ1) is 8.31. The van der Waals surface area contributed by atoms with Crippen molar-refractivity contribution < 1.29 is 4.42 Å². The highest BCUT2D eigenvalue weighted by atomic mass is 35.5. The van der Waals surface area contributed by atoms with Gasteiger partial charge in [0.1, 0.15) is 0 Å². The van der Waals surface area contributed by atoms with Gasteiger partial charge in [0.15, 0.2) is 0 Å². The molecule has 0 radical (unpaired) electrons.